The largest absolute Gasteiger partial charge is 0.481 e. The van der Waals surface area contributed by atoms with E-state index in [1.54, 1.807) is 4.90 Å². The molecule has 6 heteroatoms. The molecule has 0 saturated heterocycles. The zero-order valence-electron chi connectivity index (χ0n) is 9.19. The molecule has 1 aliphatic rings. The van der Waals surface area contributed by atoms with Crippen molar-refractivity contribution in [2.24, 2.45) is 0 Å². The van der Waals surface area contributed by atoms with E-state index in [9.17, 15) is 9.59 Å². The van der Waals surface area contributed by atoms with Gasteiger partial charge in [0.1, 0.15) is 0 Å². The highest BCUT2D eigenvalue weighted by Crippen LogP contribution is 2.26. The lowest BCUT2D eigenvalue weighted by atomic mass is 10.3. The molecule has 0 bridgehead atoms. The van der Waals surface area contributed by atoms with Crippen molar-refractivity contribution in [2.75, 3.05) is 19.7 Å². The summed E-state index contributed by atoms with van der Waals surface area (Å²) in [6.45, 7) is 0.661. The number of rotatable bonds is 7. The predicted octanol–water partition coefficient (Wildman–Crippen LogP) is 0.0175. The lowest BCUT2D eigenvalue weighted by Gasteiger charge is -2.21. The van der Waals surface area contributed by atoms with Gasteiger partial charge in [-0.25, -0.2) is 4.79 Å². The molecule has 3 N–H and O–H groups in total. The van der Waals surface area contributed by atoms with Crippen LogP contribution in [0.1, 0.15) is 25.7 Å². The molecule has 0 spiro atoms. The van der Waals surface area contributed by atoms with E-state index in [0.717, 1.165) is 12.8 Å². The molecule has 1 rings (SSSR count). The molecule has 92 valence electrons. The van der Waals surface area contributed by atoms with E-state index in [-0.39, 0.29) is 25.1 Å². The Bertz CT molecular complexity index is 253. The molecule has 6 nitrogen and oxygen atoms in total. The SMILES string of the molecule is O=C(O)CCCNC(=O)N(CCO)C1CC1. The maximum absolute atomic E-state index is 11.6. The van der Waals surface area contributed by atoms with Crippen molar-refractivity contribution in [2.45, 2.75) is 31.7 Å². The van der Waals surface area contributed by atoms with Crippen molar-refractivity contribution in [1.29, 1.82) is 0 Å². The Morgan fingerprint density at radius 3 is 2.56 bits per heavy atom. The van der Waals surface area contributed by atoms with Gasteiger partial charge >= 0.3 is 12.0 Å². The van der Waals surface area contributed by atoms with Crippen LogP contribution in [-0.2, 0) is 4.79 Å². The number of carboxylic acids is 1. The van der Waals surface area contributed by atoms with Gasteiger partial charge in [0, 0.05) is 25.6 Å². The maximum atomic E-state index is 11.6. The van der Waals surface area contributed by atoms with Crippen LogP contribution in [0.15, 0.2) is 0 Å². The van der Waals surface area contributed by atoms with Gasteiger partial charge in [0.15, 0.2) is 0 Å². The summed E-state index contributed by atoms with van der Waals surface area (Å²) in [7, 11) is 0. The van der Waals surface area contributed by atoms with Crippen molar-refractivity contribution in [1.82, 2.24) is 10.2 Å². The van der Waals surface area contributed by atoms with Crippen molar-refractivity contribution < 1.29 is 19.8 Å². The van der Waals surface area contributed by atoms with Crippen molar-refractivity contribution in [3.63, 3.8) is 0 Å². The fourth-order valence-corrected chi connectivity index (χ4v) is 1.48. The lowest BCUT2D eigenvalue weighted by molar-refractivity contribution is -0.137. The second-order valence-electron chi connectivity index (χ2n) is 3.88. The molecule has 1 aliphatic carbocycles. The normalized spacial score (nSPS) is 14.6. The number of aliphatic hydroxyl groups excluding tert-OH is 1. The van der Waals surface area contributed by atoms with Crippen LogP contribution in [0.4, 0.5) is 4.79 Å². The number of aliphatic hydroxyl groups is 1. The third kappa shape index (κ3) is 4.48. The quantitative estimate of drug-likeness (QED) is 0.538. The molecule has 0 radical (unpaired) electrons. The van der Waals surface area contributed by atoms with Crippen LogP contribution in [0.2, 0.25) is 0 Å². The summed E-state index contributed by atoms with van der Waals surface area (Å²) in [5, 5.41) is 19.9. The molecule has 1 saturated carbocycles. The molecule has 0 unspecified atom stereocenters. The van der Waals surface area contributed by atoms with Gasteiger partial charge in [0.05, 0.1) is 6.61 Å². The summed E-state index contributed by atoms with van der Waals surface area (Å²) in [4.78, 5) is 23.5. The molecule has 0 atom stereocenters. The Labute approximate surface area is 94.2 Å². The molecule has 0 aromatic rings. The maximum Gasteiger partial charge on any atom is 0.317 e. The van der Waals surface area contributed by atoms with Gasteiger partial charge in [-0.1, -0.05) is 0 Å². The number of carbonyl (C=O) groups is 2. The number of urea groups is 1. The van der Waals surface area contributed by atoms with Gasteiger partial charge in [-0.3, -0.25) is 4.79 Å². The highest BCUT2D eigenvalue weighted by molar-refractivity contribution is 5.75. The molecule has 0 heterocycles. The Hall–Kier alpha value is -1.30. The summed E-state index contributed by atoms with van der Waals surface area (Å²) >= 11 is 0. The lowest BCUT2D eigenvalue weighted by Crippen LogP contribution is -2.43. The summed E-state index contributed by atoms with van der Waals surface area (Å²) in [6.07, 6.45) is 2.47. The Morgan fingerprint density at radius 1 is 1.38 bits per heavy atom. The number of nitrogens with zero attached hydrogens (tertiary/aromatic N) is 1. The molecular weight excluding hydrogens is 212 g/mol. The first-order valence-electron chi connectivity index (χ1n) is 5.52. The zero-order valence-corrected chi connectivity index (χ0v) is 9.19. The molecule has 0 aromatic heterocycles. The van der Waals surface area contributed by atoms with E-state index in [1.807, 2.05) is 0 Å². The van der Waals surface area contributed by atoms with Crippen molar-refractivity contribution in [3.8, 4) is 0 Å². The number of nitrogens with one attached hydrogen (secondary N) is 1. The summed E-state index contributed by atoms with van der Waals surface area (Å²) < 4.78 is 0. The minimum absolute atomic E-state index is 0.0426. The molecule has 1 fully saturated rings. The number of hydrogen-bond acceptors (Lipinski definition) is 3. The van der Waals surface area contributed by atoms with Crippen LogP contribution in [-0.4, -0.2) is 52.9 Å². The molecular formula is C10H18N2O4. The first kappa shape index (κ1) is 12.8. The second-order valence-corrected chi connectivity index (χ2v) is 3.88. The highest BCUT2D eigenvalue weighted by atomic mass is 16.4. The van der Waals surface area contributed by atoms with E-state index in [4.69, 9.17) is 10.2 Å². The monoisotopic (exact) mass is 230 g/mol. The summed E-state index contributed by atoms with van der Waals surface area (Å²) in [6, 6.07) is 0.0496. The first-order chi connectivity index (χ1) is 7.65. The Kier molecular flexibility index (Phi) is 5.04. The molecule has 2 amide bonds. The van der Waals surface area contributed by atoms with Crippen molar-refractivity contribution >= 4 is 12.0 Å². The van der Waals surface area contributed by atoms with E-state index >= 15 is 0 Å². The molecule has 16 heavy (non-hydrogen) atoms. The van der Waals surface area contributed by atoms with Crippen LogP contribution >= 0.6 is 0 Å². The predicted molar refractivity (Wildman–Crippen MR) is 57.1 cm³/mol. The average molecular weight is 230 g/mol. The summed E-state index contributed by atoms with van der Waals surface area (Å²) in [5.41, 5.74) is 0. The number of carboxylic acid groups (broad SMARTS) is 1. The molecule has 0 aromatic carbocycles. The van der Waals surface area contributed by atoms with Gasteiger partial charge in [-0.15, -0.1) is 0 Å². The summed E-state index contributed by atoms with van der Waals surface area (Å²) in [5.74, 6) is -0.858. The van der Waals surface area contributed by atoms with E-state index in [1.165, 1.54) is 0 Å². The number of carbonyl (C=O) groups excluding carboxylic acids is 1. The van der Waals surface area contributed by atoms with Gasteiger partial charge in [-0.05, 0) is 19.3 Å². The highest BCUT2D eigenvalue weighted by Gasteiger charge is 2.31. The molecule has 0 aliphatic heterocycles. The topological polar surface area (TPSA) is 89.9 Å². The van der Waals surface area contributed by atoms with Gasteiger partial charge in [-0.2, -0.15) is 0 Å². The standard InChI is InChI=1S/C10H18N2O4/c13-7-6-12(8-3-4-8)10(16)11-5-1-2-9(14)15/h8,13H,1-7H2,(H,11,16)(H,14,15). The van der Waals surface area contributed by atoms with Gasteiger partial charge < -0.3 is 20.4 Å². The third-order valence-electron chi connectivity index (χ3n) is 2.43. The Balaban J connectivity index is 2.18. The van der Waals surface area contributed by atoms with Crippen LogP contribution in [0.3, 0.4) is 0 Å². The van der Waals surface area contributed by atoms with Crippen LogP contribution < -0.4 is 5.32 Å². The van der Waals surface area contributed by atoms with Crippen LogP contribution in [0.5, 0.6) is 0 Å². The zero-order chi connectivity index (χ0) is 12.0. The third-order valence-corrected chi connectivity index (χ3v) is 2.43. The Morgan fingerprint density at radius 2 is 2.06 bits per heavy atom. The van der Waals surface area contributed by atoms with Crippen LogP contribution in [0.25, 0.3) is 0 Å². The van der Waals surface area contributed by atoms with Crippen molar-refractivity contribution in [3.05, 3.63) is 0 Å². The van der Waals surface area contributed by atoms with E-state index in [0.29, 0.717) is 19.5 Å². The minimum atomic E-state index is -0.858. The smallest absolute Gasteiger partial charge is 0.317 e. The minimum Gasteiger partial charge on any atom is -0.481 e. The van der Waals surface area contributed by atoms with Gasteiger partial charge in [0.25, 0.3) is 0 Å². The number of hydrogen-bond donors (Lipinski definition) is 3. The second kappa shape index (κ2) is 6.32. The van der Waals surface area contributed by atoms with Crippen LogP contribution in [0, 0.1) is 0 Å². The average Bonchev–Trinajstić information content (AvgIpc) is 3.04. The van der Waals surface area contributed by atoms with E-state index < -0.39 is 5.97 Å². The fraction of sp³-hybridized carbons (Fsp3) is 0.800. The first-order valence-corrected chi connectivity index (χ1v) is 5.52. The fourth-order valence-electron chi connectivity index (χ4n) is 1.48. The van der Waals surface area contributed by atoms with Gasteiger partial charge in [0.2, 0.25) is 0 Å². The number of aliphatic carboxylic acids is 1. The van der Waals surface area contributed by atoms with E-state index in [2.05, 4.69) is 5.32 Å². The number of amides is 2.